The second kappa shape index (κ2) is 16.0. The zero-order valence-corrected chi connectivity index (χ0v) is 29.7. The minimum atomic E-state index is -1.89. The standard InChI is InChI=1S/C35H37N7O2S3/c1-7-42(8-2)27-20-21-29(30(22-27)41-47(43)44-28-18-10-9-11-19-28)39-40-33-36-34(45-31-23(3)14-12-15-24(31)4)38-35(37-33)46-32-25(5)16-13-17-26(32)6/h9-22,41H,7-8H2,1-6H3. The molecule has 9 nitrogen and oxygen atoms in total. The summed E-state index contributed by atoms with van der Waals surface area (Å²) in [6.45, 7) is 14.1. The number of aryl methyl sites for hydroxylation is 4. The van der Waals surface area contributed by atoms with Crippen LogP contribution in [0.4, 0.5) is 23.0 Å². The summed E-state index contributed by atoms with van der Waals surface area (Å²) in [7, 11) is 0. The molecule has 5 rings (SSSR count). The van der Waals surface area contributed by atoms with Crippen LogP contribution in [0.15, 0.2) is 115 Å². The predicted molar refractivity (Wildman–Crippen MR) is 193 cm³/mol. The molecule has 1 aromatic heterocycles. The monoisotopic (exact) mass is 683 g/mol. The van der Waals surface area contributed by atoms with Gasteiger partial charge in [-0.05, 0) is 118 Å². The van der Waals surface area contributed by atoms with Gasteiger partial charge in [0.1, 0.15) is 11.4 Å². The topological polar surface area (TPSA) is 105 Å². The van der Waals surface area contributed by atoms with Crippen molar-refractivity contribution >= 4 is 57.8 Å². The van der Waals surface area contributed by atoms with E-state index in [4.69, 9.17) is 9.17 Å². The Morgan fingerprint density at radius 1 is 0.723 bits per heavy atom. The molecule has 47 heavy (non-hydrogen) atoms. The molecule has 0 radical (unpaired) electrons. The van der Waals surface area contributed by atoms with Crippen molar-refractivity contribution in [2.45, 2.75) is 61.6 Å². The van der Waals surface area contributed by atoms with Crippen molar-refractivity contribution in [1.29, 1.82) is 0 Å². The molecule has 1 unspecified atom stereocenters. The van der Waals surface area contributed by atoms with Crippen molar-refractivity contribution in [2.75, 3.05) is 22.7 Å². The summed E-state index contributed by atoms with van der Waals surface area (Å²) in [6.07, 6.45) is 0. The quantitative estimate of drug-likeness (QED) is 0.122. The SMILES string of the molecule is CCN(CC)c1ccc(N=Nc2nc(Sc3c(C)cccc3C)nc(Sc3c(C)cccc3C)n2)c(NS(=O)Oc2ccccc2)c1. The second-order valence-electron chi connectivity index (χ2n) is 10.7. The lowest BCUT2D eigenvalue weighted by Gasteiger charge is -2.22. The van der Waals surface area contributed by atoms with E-state index in [2.05, 4.69) is 95.6 Å². The Labute approximate surface area is 287 Å². The van der Waals surface area contributed by atoms with E-state index in [0.29, 0.717) is 27.4 Å². The summed E-state index contributed by atoms with van der Waals surface area (Å²) >= 11 is 1.08. The van der Waals surface area contributed by atoms with Crippen LogP contribution in [-0.2, 0) is 11.3 Å². The van der Waals surface area contributed by atoms with Crippen LogP contribution in [0.25, 0.3) is 0 Å². The van der Waals surface area contributed by atoms with Crippen LogP contribution in [0, 0.1) is 27.7 Å². The van der Waals surface area contributed by atoms with Gasteiger partial charge in [-0.25, -0.2) is 0 Å². The van der Waals surface area contributed by atoms with Gasteiger partial charge >= 0.3 is 11.3 Å². The number of nitrogens with zero attached hydrogens (tertiary/aromatic N) is 6. The zero-order chi connectivity index (χ0) is 33.3. The molecule has 0 saturated carbocycles. The van der Waals surface area contributed by atoms with Gasteiger partial charge in [-0.2, -0.15) is 19.2 Å². The number of nitrogens with one attached hydrogen (secondary N) is 1. The average molecular weight is 684 g/mol. The van der Waals surface area contributed by atoms with Gasteiger partial charge in [-0.1, -0.05) is 54.6 Å². The third-order valence-electron chi connectivity index (χ3n) is 7.25. The lowest BCUT2D eigenvalue weighted by Crippen LogP contribution is -2.22. The van der Waals surface area contributed by atoms with E-state index in [1.807, 2.05) is 48.5 Å². The molecule has 0 aliphatic rings. The molecule has 0 spiro atoms. The molecule has 4 aromatic carbocycles. The number of anilines is 2. The van der Waals surface area contributed by atoms with Gasteiger partial charge < -0.3 is 9.08 Å². The van der Waals surface area contributed by atoms with E-state index in [-0.39, 0.29) is 5.95 Å². The third-order valence-corrected chi connectivity index (χ3v) is 10.4. The highest BCUT2D eigenvalue weighted by Gasteiger charge is 2.16. The Bertz CT molecular complexity index is 1790. The number of aromatic nitrogens is 3. The summed E-state index contributed by atoms with van der Waals surface area (Å²) in [6, 6.07) is 27.1. The lowest BCUT2D eigenvalue weighted by molar-refractivity contribution is 0.567. The first-order valence-corrected chi connectivity index (χ1v) is 17.9. The molecule has 0 amide bonds. The molecule has 0 saturated heterocycles. The maximum Gasteiger partial charge on any atom is 0.316 e. The molecule has 0 fully saturated rings. The van der Waals surface area contributed by atoms with Crippen molar-refractivity contribution in [1.82, 2.24) is 15.0 Å². The van der Waals surface area contributed by atoms with Crippen LogP contribution in [0.1, 0.15) is 36.1 Å². The minimum absolute atomic E-state index is 0.169. The summed E-state index contributed by atoms with van der Waals surface area (Å²) in [4.78, 5) is 18.5. The summed E-state index contributed by atoms with van der Waals surface area (Å²) in [5.74, 6) is 0.650. The molecule has 1 atom stereocenters. The van der Waals surface area contributed by atoms with Crippen molar-refractivity contribution in [3.05, 3.63) is 107 Å². The predicted octanol–water partition coefficient (Wildman–Crippen LogP) is 9.74. The van der Waals surface area contributed by atoms with Crippen LogP contribution in [0.3, 0.4) is 0 Å². The van der Waals surface area contributed by atoms with E-state index in [0.717, 1.165) is 50.8 Å². The second-order valence-corrected chi connectivity index (χ2v) is 13.4. The number of hydrogen-bond donors (Lipinski definition) is 1. The van der Waals surface area contributed by atoms with Crippen molar-refractivity contribution in [2.24, 2.45) is 10.2 Å². The Hall–Kier alpha value is -4.26. The highest BCUT2D eigenvalue weighted by atomic mass is 32.2. The molecule has 0 bridgehead atoms. The van der Waals surface area contributed by atoms with Crippen LogP contribution in [0.5, 0.6) is 5.75 Å². The number of hydrogen-bond acceptors (Lipinski definition) is 10. The molecule has 0 aliphatic heterocycles. The fourth-order valence-electron chi connectivity index (χ4n) is 4.82. The number of benzene rings is 4. The molecule has 242 valence electrons. The van der Waals surface area contributed by atoms with Gasteiger partial charge in [0.2, 0.25) is 0 Å². The van der Waals surface area contributed by atoms with Gasteiger partial charge in [0, 0.05) is 28.6 Å². The van der Waals surface area contributed by atoms with Crippen LogP contribution in [0.2, 0.25) is 0 Å². The Balaban J connectivity index is 1.51. The van der Waals surface area contributed by atoms with E-state index in [9.17, 15) is 4.21 Å². The molecule has 1 heterocycles. The third kappa shape index (κ3) is 8.97. The first-order chi connectivity index (χ1) is 22.7. The summed E-state index contributed by atoms with van der Waals surface area (Å²) < 4.78 is 21.6. The Morgan fingerprint density at radius 3 is 1.81 bits per heavy atom. The van der Waals surface area contributed by atoms with Crippen molar-refractivity contribution in [3.8, 4) is 5.75 Å². The first kappa shape index (κ1) is 34.1. The van der Waals surface area contributed by atoms with Gasteiger partial charge in [-0.15, -0.1) is 10.2 Å². The Kier molecular flexibility index (Phi) is 11.6. The fourth-order valence-corrected chi connectivity index (χ4v) is 7.35. The molecule has 5 aromatic rings. The largest absolute Gasteiger partial charge is 0.385 e. The number of para-hydroxylation sites is 1. The normalized spacial score (nSPS) is 11.9. The van der Waals surface area contributed by atoms with E-state index < -0.39 is 11.3 Å². The highest BCUT2D eigenvalue weighted by molar-refractivity contribution is 8.00. The van der Waals surface area contributed by atoms with E-state index >= 15 is 0 Å². The van der Waals surface area contributed by atoms with Crippen LogP contribution < -0.4 is 13.8 Å². The lowest BCUT2D eigenvalue weighted by atomic mass is 10.2. The average Bonchev–Trinajstić information content (AvgIpc) is 3.05. The fraction of sp³-hybridized carbons (Fsp3) is 0.229. The van der Waals surface area contributed by atoms with Gasteiger partial charge in [0.25, 0.3) is 5.95 Å². The Morgan fingerprint density at radius 2 is 1.28 bits per heavy atom. The maximum absolute atomic E-state index is 13.0. The van der Waals surface area contributed by atoms with Gasteiger partial charge in [0.05, 0.1) is 5.69 Å². The zero-order valence-electron chi connectivity index (χ0n) is 27.2. The molecule has 1 N–H and O–H groups in total. The smallest absolute Gasteiger partial charge is 0.316 e. The van der Waals surface area contributed by atoms with E-state index in [1.54, 1.807) is 12.1 Å². The minimum Gasteiger partial charge on any atom is -0.385 e. The maximum atomic E-state index is 13.0. The number of rotatable bonds is 13. The van der Waals surface area contributed by atoms with Gasteiger partial charge in [-0.3, -0.25) is 4.72 Å². The van der Waals surface area contributed by atoms with Crippen LogP contribution in [-0.4, -0.2) is 32.3 Å². The number of azo groups is 1. The summed E-state index contributed by atoms with van der Waals surface area (Å²) in [5, 5.41) is 10.1. The van der Waals surface area contributed by atoms with Gasteiger partial charge in [0.15, 0.2) is 10.3 Å². The van der Waals surface area contributed by atoms with Crippen molar-refractivity contribution in [3.63, 3.8) is 0 Å². The molecule has 0 aliphatic carbocycles. The molecule has 12 heteroatoms. The molecular weight excluding hydrogens is 647 g/mol. The van der Waals surface area contributed by atoms with Crippen LogP contribution >= 0.6 is 23.5 Å². The molecular formula is C35H37N7O2S3. The van der Waals surface area contributed by atoms with E-state index in [1.165, 1.54) is 23.5 Å². The highest BCUT2D eigenvalue weighted by Crippen LogP contribution is 2.37. The first-order valence-electron chi connectivity index (χ1n) is 15.2. The summed E-state index contributed by atoms with van der Waals surface area (Å²) in [5.41, 5.74) is 6.45. The van der Waals surface area contributed by atoms with Crippen molar-refractivity contribution < 1.29 is 8.39 Å².